The lowest BCUT2D eigenvalue weighted by Gasteiger charge is -2.22. The van der Waals surface area contributed by atoms with Crippen molar-refractivity contribution in [2.24, 2.45) is 4.99 Å². The van der Waals surface area contributed by atoms with Crippen LogP contribution in [0.2, 0.25) is 0 Å². The van der Waals surface area contributed by atoms with Gasteiger partial charge in [-0.15, -0.1) is 24.0 Å². The normalized spacial score (nSPS) is 16.3. The summed E-state index contributed by atoms with van der Waals surface area (Å²) in [6, 6.07) is 14.8. The zero-order chi connectivity index (χ0) is 19.9. The van der Waals surface area contributed by atoms with Gasteiger partial charge < -0.3 is 15.0 Å². The SMILES string of the molecule is CCNC(=NCc1ccc([N+](=O)[O-])cc1)N1CCC(c2ccc(OC)cc2)C1.I. The van der Waals surface area contributed by atoms with E-state index in [1.165, 1.54) is 17.7 Å². The van der Waals surface area contributed by atoms with Gasteiger partial charge in [-0.3, -0.25) is 10.1 Å². The number of nitrogens with zero attached hydrogens (tertiary/aromatic N) is 3. The van der Waals surface area contributed by atoms with E-state index in [2.05, 4.69) is 29.3 Å². The first-order chi connectivity index (χ1) is 13.6. The van der Waals surface area contributed by atoms with Gasteiger partial charge in [0.15, 0.2) is 5.96 Å². The number of nitro benzene ring substituents is 1. The van der Waals surface area contributed by atoms with E-state index in [0.29, 0.717) is 12.5 Å². The number of halogens is 1. The van der Waals surface area contributed by atoms with E-state index in [1.807, 2.05) is 12.1 Å². The quantitative estimate of drug-likeness (QED) is 0.208. The summed E-state index contributed by atoms with van der Waals surface area (Å²) in [6.45, 7) is 5.20. The maximum Gasteiger partial charge on any atom is 0.269 e. The van der Waals surface area contributed by atoms with Crippen LogP contribution in [-0.2, 0) is 6.54 Å². The second-order valence-electron chi connectivity index (χ2n) is 6.80. The molecule has 1 saturated heterocycles. The number of rotatable bonds is 6. The summed E-state index contributed by atoms with van der Waals surface area (Å²) in [7, 11) is 1.68. The number of ether oxygens (including phenoxy) is 1. The predicted octanol–water partition coefficient (Wildman–Crippen LogP) is 4.18. The molecule has 1 fully saturated rings. The van der Waals surface area contributed by atoms with Crippen molar-refractivity contribution >= 4 is 35.6 Å². The van der Waals surface area contributed by atoms with Crippen LogP contribution in [0.25, 0.3) is 0 Å². The highest BCUT2D eigenvalue weighted by atomic mass is 127. The largest absolute Gasteiger partial charge is 0.497 e. The van der Waals surface area contributed by atoms with Crippen LogP contribution in [0.3, 0.4) is 0 Å². The van der Waals surface area contributed by atoms with Gasteiger partial charge in [-0.2, -0.15) is 0 Å². The number of nitro groups is 1. The molecule has 1 aliphatic rings. The summed E-state index contributed by atoms with van der Waals surface area (Å²) in [6.07, 6.45) is 1.08. The Morgan fingerprint density at radius 1 is 1.24 bits per heavy atom. The van der Waals surface area contributed by atoms with Gasteiger partial charge in [0.1, 0.15) is 5.75 Å². The Bertz CT molecular complexity index is 825. The van der Waals surface area contributed by atoms with Crippen molar-refractivity contribution in [3.63, 3.8) is 0 Å². The number of benzene rings is 2. The van der Waals surface area contributed by atoms with Crippen LogP contribution in [-0.4, -0.2) is 42.5 Å². The molecule has 0 amide bonds. The molecule has 1 N–H and O–H groups in total. The lowest BCUT2D eigenvalue weighted by molar-refractivity contribution is -0.384. The van der Waals surface area contributed by atoms with E-state index in [9.17, 15) is 10.1 Å². The second-order valence-corrected chi connectivity index (χ2v) is 6.80. The monoisotopic (exact) mass is 510 g/mol. The van der Waals surface area contributed by atoms with E-state index in [0.717, 1.165) is 43.3 Å². The van der Waals surface area contributed by atoms with Gasteiger partial charge in [0.2, 0.25) is 0 Å². The molecule has 0 radical (unpaired) electrons. The minimum atomic E-state index is -0.388. The van der Waals surface area contributed by atoms with Gasteiger partial charge in [-0.25, -0.2) is 4.99 Å². The molecule has 3 rings (SSSR count). The molecular formula is C21H27IN4O3. The number of non-ortho nitro benzene ring substituents is 1. The van der Waals surface area contributed by atoms with Crippen LogP contribution in [0.1, 0.15) is 30.4 Å². The molecule has 1 heterocycles. The standard InChI is InChI=1S/C21H26N4O3.HI/c1-3-22-21(23-14-16-4-8-19(9-5-16)25(26)27)24-13-12-18(15-24)17-6-10-20(28-2)11-7-17;/h4-11,18H,3,12-15H2,1-2H3,(H,22,23);1H. The Hall–Kier alpha value is -2.36. The number of hydrogen-bond acceptors (Lipinski definition) is 4. The van der Waals surface area contributed by atoms with Gasteiger partial charge >= 0.3 is 0 Å². The molecule has 2 aromatic carbocycles. The lowest BCUT2D eigenvalue weighted by Crippen LogP contribution is -2.40. The molecule has 0 saturated carbocycles. The van der Waals surface area contributed by atoms with Crippen molar-refractivity contribution in [3.8, 4) is 5.75 Å². The van der Waals surface area contributed by atoms with Crippen LogP contribution in [0, 0.1) is 10.1 Å². The van der Waals surface area contributed by atoms with Crippen molar-refractivity contribution in [2.45, 2.75) is 25.8 Å². The third-order valence-electron chi connectivity index (χ3n) is 4.97. The van der Waals surface area contributed by atoms with Crippen LogP contribution >= 0.6 is 24.0 Å². The summed E-state index contributed by atoms with van der Waals surface area (Å²) < 4.78 is 5.24. The van der Waals surface area contributed by atoms with Crippen molar-refractivity contribution in [2.75, 3.05) is 26.7 Å². The average molecular weight is 510 g/mol. The zero-order valence-corrected chi connectivity index (χ0v) is 19.0. The highest BCUT2D eigenvalue weighted by Crippen LogP contribution is 2.28. The highest BCUT2D eigenvalue weighted by molar-refractivity contribution is 14.0. The molecule has 0 aromatic heterocycles. The molecule has 7 nitrogen and oxygen atoms in total. The fraction of sp³-hybridized carbons (Fsp3) is 0.381. The van der Waals surface area contributed by atoms with Crippen molar-refractivity contribution in [1.82, 2.24) is 10.2 Å². The molecule has 0 bridgehead atoms. The summed E-state index contributed by atoms with van der Waals surface area (Å²) >= 11 is 0. The summed E-state index contributed by atoms with van der Waals surface area (Å²) in [5.41, 5.74) is 2.36. The van der Waals surface area contributed by atoms with Gasteiger partial charge in [-0.1, -0.05) is 24.3 Å². The van der Waals surface area contributed by atoms with Gasteiger partial charge in [0.05, 0.1) is 18.6 Å². The maximum absolute atomic E-state index is 10.8. The van der Waals surface area contributed by atoms with Crippen molar-refractivity contribution in [1.29, 1.82) is 0 Å². The first-order valence-electron chi connectivity index (χ1n) is 9.51. The highest BCUT2D eigenvalue weighted by Gasteiger charge is 2.26. The minimum absolute atomic E-state index is 0. The number of guanidine groups is 1. The summed E-state index contributed by atoms with van der Waals surface area (Å²) in [5.74, 6) is 2.22. The number of methoxy groups -OCH3 is 1. The molecule has 2 aromatic rings. The predicted molar refractivity (Wildman–Crippen MR) is 125 cm³/mol. The average Bonchev–Trinajstić information content (AvgIpc) is 3.21. The maximum atomic E-state index is 10.8. The van der Waals surface area contributed by atoms with Crippen LogP contribution in [0.5, 0.6) is 5.75 Å². The summed E-state index contributed by atoms with van der Waals surface area (Å²) in [5, 5.41) is 14.1. The first-order valence-corrected chi connectivity index (χ1v) is 9.51. The topological polar surface area (TPSA) is 80.0 Å². The van der Waals surface area contributed by atoms with Crippen LogP contribution in [0.15, 0.2) is 53.5 Å². The Kier molecular flexibility index (Phi) is 8.69. The molecule has 0 aliphatic carbocycles. The van der Waals surface area contributed by atoms with Crippen molar-refractivity contribution < 1.29 is 9.66 Å². The molecule has 29 heavy (non-hydrogen) atoms. The third-order valence-corrected chi connectivity index (χ3v) is 4.97. The fourth-order valence-electron chi connectivity index (χ4n) is 3.42. The second kappa shape index (κ2) is 11.0. The molecule has 0 spiro atoms. The van der Waals surface area contributed by atoms with Gasteiger partial charge in [-0.05, 0) is 36.6 Å². The number of likely N-dealkylation sites (tertiary alicyclic amines) is 1. The van der Waals surface area contributed by atoms with Gasteiger partial charge in [0.25, 0.3) is 5.69 Å². The minimum Gasteiger partial charge on any atom is -0.497 e. The zero-order valence-electron chi connectivity index (χ0n) is 16.7. The number of nitrogens with one attached hydrogen (secondary N) is 1. The van der Waals surface area contributed by atoms with E-state index in [-0.39, 0.29) is 34.6 Å². The molecule has 8 heteroatoms. The van der Waals surface area contributed by atoms with E-state index in [1.54, 1.807) is 19.2 Å². The molecule has 1 unspecified atom stereocenters. The van der Waals surface area contributed by atoms with Crippen LogP contribution < -0.4 is 10.1 Å². The molecule has 1 aliphatic heterocycles. The van der Waals surface area contributed by atoms with E-state index in [4.69, 9.17) is 9.73 Å². The van der Waals surface area contributed by atoms with E-state index >= 15 is 0 Å². The first kappa shape index (κ1) is 22.9. The Morgan fingerprint density at radius 2 is 1.93 bits per heavy atom. The number of aliphatic imine (C=N–C) groups is 1. The van der Waals surface area contributed by atoms with E-state index < -0.39 is 0 Å². The summed E-state index contributed by atoms with van der Waals surface area (Å²) in [4.78, 5) is 17.4. The Labute approximate surface area is 188 Å². The lowest BCUT2D eigenvalue weighted by atomic mass is 9.98. The number of hydrogen-bond donors (Lipinski definition) is 1. The van der Waals surface area contributed by atoms with Crippen molar-refractivity contribution in [3.05, 3.63) is 69.8 Å². The molecule has 156 valence electrons. The Balaban J connectivity index is 0.00000300. The van der Waals surface area contributed by atoms with Gasteiger partial charge in [0, 0.05) is 37.7 Å². The molecule has 1 atom stereocenters. The van der Waals surface area contributed by atoms with Crippen LogP contribution in [0.4, 0.5) is 5.69 Å². The fourth-order valence-corrected chi connectivity index (χ4v) is 3.42. The smallest absolute Gasteiger partial charge is 0.269 e. The third kappa shape index (κ3) is 6.06. The molecular weight excluding hydrogens is 483 g/mol. The Morgan fingerprint density at radius 3 is 2.52 bits per heavy atom.